The third-order valence-electron chi connectivity index (χ3n) is 4.15. The summed E-state index contributed by atoms with van der Waals surface area (Å²) in [5.41, 5.74) is 1.31. The summed E-state index contributed by atoms with van der Waals surface area (Å²) >= 11 is 0. The first-order valence-electron chi connectivity index (χ1n) is 7.60. The average Bonchev–Trinajstić information content (AvgIpc) is 3.37. The van der Waals surface area contributed by atoms with Crippen LogP contribution in [0.15, 0.2) is 48.7 Å². The fourth-order valence-corrected chi connectivity index (χ4v) is 2.72. The number of rotatable bonds is 5. The Bertz CT molecular complexity index is 649. The SMILES string of the molecule is CCOc1ccc(N(C)C(=O)C2(c3ccccn3)CC2)cc1. The fourth-order valence-electron chi connectivity index (χ4n) is 2.72. The number of anilines is 1. The van der Waals surface area contributed by atoms with Gasteiger partial charge in [-0.05, 0) is 56.2 Å². The monoisotopic (exact) mass is 296 g/mol. The van der Waals surface area contributed by atoms with Gasteiger partial charge in [0.1, 0.15) is 5.75 Å². The fraction of sp³-hybridized carbons (Fsp3) is 0.333. The standard InChI is InChI=1S/C18H20N2O2/c1-3-22-15-9-7-14(8-10-15)20(2)17(21)18(11-12-18)16-6-4-5-13-19-16/h4-10,13H,3,11-12H2,1-2H3. The molecule has 1 aromatic carbocycles. The summed E-state index contributed by atoms with van der Waals surface area (Å²) in [4.78, 5) is 19.0. The Balaban J connectivity index is 1.80. The van der Waals surface area contributed by atoms with Crippen LogP contribution in [-0.2, 0) is 10.2 Å². The second-order valence-electron chi connectivity index (χ2n) is 5.59. The molecule has 1 aliphatic rings. The highest BCUT2D eigenvalue weighted by Gasteiger charge is 2.53. The van der Waals surface area contributed by atoms with E-state index < -0.39 is 5.41 Å². The van der Waals surface area contributed by atoms with E-state index in [0.29, 0.717) is 6.61 Å². The lowest BCUT2D eigenvalue weighted by Gasteiger charge is -2.23. The molecule has 1 aliphatic carbocycles. The maximum atomic E-state index is 12.9. The minimum Gasteiger partial charge on any atom is -0.494 e. The third kappa shape index (κ3) is 2.56. The number of carbonyl (C=O) groups excluding carboxylic acids is 1. The van der Waals surface area contributed by atoms with Crippen molar-refractivity contribution in [1.29, 1.82) is 0 Å². The highest BCUT2D eigenvalue weighted by Crippen LogP contribution is 2.49. The highest BCUT2D eigenvalue weighted by molar-refractivity contribution is 6.02. The van der Waals surface area contributed by atoms with E-state index in [1.165, 1.54) is 0 Å². The zero-order chi connectivity index (χ0) is 15.6. The molecule has 4 nitrogen and oxygen atoms in total. The van der Waals surface area contributed by atoms with Crippen LogP contribution in [0.1, 0.15) is 25.5 Å². The van der Waals surface area contributed by atoms with E-state index in [2.05, 4.69) is 4.98 Å². The Morgan fingerprint density at radius 1 is 1.23 bits per heavy atom. The number of benzene rings is 1. The summed E-state index contributed by atoms with van der Waals surface area (Å²) < 4.78 is 5.44. The van der Waals surface area contributed by atoms with E-state index in [9.17, 15) is 4.79 Å². The van der Waals surface area contributed by atoms with Crippen LogP contribution in [0, 0.1) is 0 Å². The molecule has 1 saturated carbocycles. The van der Waals surface area contributed by atoms with Gasteiger partial charge in [0.05, 0.1) is 17.7 Å². The smallest absolute Gasteiger partial charge is 0.238 e. The van der Waals surface area contributed by atoms with E-state index in [1.807, 2.05) is 56.4 Å². The lowest BCUT2D eigenvalue weighted by Crippen LogP contribution is -2.37. The molecule has 1 heterocycles. The van der Waals surface area contributed by atoms with Gasteiger partial charge in [0.25, 0.3) is 0 Å². The summed E-state index contributed by atoms with van der Waals surface area (Å²) in [6.45, 7) is 2.59. The molecule has 1 aromatic heterocycles. The van der Waals surface area contributed by atoms with Crippen LogP contribution in [0.5, 0.6) is 5.75 Å². The number of hydrogen-bond donors (Lipinski definition) is 0. The summed E-state index contributed by atoms with van der Waals surface area (Å²) in [5.74, 6) is 0.924. The number of carbonyl (C=O) groups is 1. The van der Waals surface area contributed by atoms with E-state index in [0.717, 1.165) is 30.0 Å². The molecule has 4 heteroatoms. The average molecular weight is 296 g/mol. The molecule has 0 radical (unpaired) electrons. The van der Waals surface area contributed by atoms with Crippen molar-refractivity contribution in [2.24, 2.45) is 0 Å². The molecule has 0 saturated heterocycles. The number of hydrogen-bond acceptors (Lipinski definition) is 3. The van der Waals surface area contributed by atoms with Crippen molar-refractivity contribution < 1.29 is 9.53 Å². The van der Waals surface area contributed by atoms with Gasteiger partial charge in [-0.3, -0.25) is 9.78 Å². The molecule has 0 spiro atoms. The summed E-state index contributed by atoms with van der Waals surface area (Å²) in [6, 6.07) is 13.4. The van der Waals surface area contributed by atoms with Crippen molar-refractivity contribution in [3.8, 4) is 5.75 Å². The van der Waals surface area contributed by atoms with Gasteiger partial charge in [0.15, 0.2) is 0 Å². The topological polar surface area (TPSA) is 42.4 Å². The summed E-state index contributed by atoms with van der Waals surface area (Å²) in [6.07, 6.45) is 3.48. The normalized spacial score (nSPS) is 15.2. The molecule has 1 fully saturated rings. The zero-order valence-electron chi connectivity index (χ0n) is 13.0. The first kappa shape index (κ1) is 14.6. The number of amides is 1. The molecule has 22 heavy (non-hydrogen) atoms. The molecule has 0 aliphatic heterocycles. The second kappa shape index (κ2) is 5.79. The van der Waals surface area contributed by atoms with Crippen LogP contribution in [0.2, 0.25) is 0 Å². The molecule has 3 rings (SSSR count). The lowest BCUT2D eigenvalue weighted by atomic mass is 9.99. The van der Waals surface area contributed by atoms with Crippen LogP contribution >= 0.6 is 0 Å². The van der Waals surface area contributed by atoms with Gasteiger partial charge in [-0.15, -0.1) is 0 Å². The first-order chi connectivity index (χ1) is 10.7. The minimum absolute atomic E-state index is 0.107. The molecule has 0 bridgehead atoms. The number of ether oxygens (including phenoxy) is 1. The zero-order valence-corrected chi connectivity index (χ0v) is 13.0. The molecule has 0 atom stereocenters. The van der Waals surface area contributed by atoms with Crippen molar-refractivity contribution in [1.82, 2.24) is 4.98 Å². The molecular weight excluding hydrogens is 276 g/mol. The van der Waals surface area contributed by atoms with Gasteiger partial charge in [-0.1, -0.05) is 6.07 Å². The van der Waals surface area contributed by atoms with Gasteiger partial charge in [0.2, 0.25) is 5.91 Å². The highest BCUT2D eigenvalue weighted by atomic mass is 16.5. The number of aromatic nitrogens is 1. The molecule has 0 unspecified atom stereocenters. The van der Waals surface area contributed by atoms with Gasteiger partial charge < -0.3 is 9.64 Å². The number of pyridine rings is 1. The Kier molecular flexibility index (Phi) is 3.84. The van der Waals surface area contributed by atoms with Crippen LogP contribution in [0.25, 0.3) is 0 Å². The Labute approximate surface area is 130 Å². The predicted molar refractivity (Wildman–Crippen MR) is 86.2 cm³/mol. The van der Waals surface area contributed by atoms with Crippen LogP contribution < -0.4 is 9.64 Å². The molecule has 114 valence electrons. The number of likely N-dealkylation sites (N-methyl/N-ethyl adjacent to an activating group) is 1. The van der Waals surface area contributed by atoms with E-state index in [-0.39, 0.29) is 5.91 Å². The Morgan fingerprint density at radius 3 is 2.50 bits per heavy atom. The van der Waals surface area contributed by atoms with Gasteiger partial charge in [0, 0.05) is 18.9 Å². The van der Waals surface area contributed by atoms with Crippen LogP contribution in [0.3, 0.4) is 0 Å². The van der Waals surface area contributed by atoms with E-state index in [4.69, 9.17) is 4.74 Å². The van der Waals surface area contributed by atoms with Crippen molar-refractivity contribution in [3.63, 3.8) is 0 Å². The quantitative estimate of drug-likeness (QED) is 0.851. The second-order valence-corrected chi connectivity index (χ2v) is 5.59. The van der Waals surface area contributed by atoms with Crippen LogP contribution in [-0.4, -0.2) is 24.5 Å². The van der Waals surface area contributed by atoms with Gasteiger partial charge in [-0.25, -0.2) is 0 Å². The summed E-state index contributed by atoms with van der Waals surface area (Å²) in [7, 11) is 1.82. The minimum atomic E-state index is -0.436. The van der Waals surface area contributed by atoms with E-state index in [1.54, 1.807) is 11.1 Å². The Morgan fingerprint density at radius 2 is 1.95 bits per heavy atom. The van der Waals surface area contributed by atoms with Gasteiger partial charge >= 0.3 is 0 Å². The van der Waals surface area contributed by atoms with E-state index >= 15 is 0 Å². The predicted octanol–water partition coefficient (Wildman–Crippen LogP) is 3.17. The third-order valence-corrected chi connectivity index (χ3v) is 4.15. The molecular formula is C18H20N2O2. The number of nitrogens with zero attached hydrogens (tertiary/aromatic N) is 2. The molecule has 2 aromatic rings. The maximum Gasteiger partial charge on any atom is 0.238 e. The van der Waals surface area contributed by atoms with Crippen LogP contribution in [0.4, 0.5) is 5.69 Å². The molecule has 0 N–H and O–H groups in total. The maximum absolute atomic E-state index is 12.9. The van der Waals surface area contributed by atoms with Crippen molar-refractivity contribution in [3.05, 3.63) is 54.4 Å². The summed E-state index contributed by atoms with van der Waals surface area (Å²) in [5, 5.41) is 0. The van der Waals surface area contributed by atoms with Crippen molar-refractivity contribution in [2.45, 2.75) is 25.2 Å². The Hall–Kier alpha value is -2.36. The largest absolute Gasteiger partial charge is 0.494 e. The first-order valence-corrected chi connectivity index (χ1v) is 7.60. The molecule has 1 amide bonds. The van der Waals surface area contributed by atoms with Crippen molar-refractivity contribution >= 4 is 11.6 Å². The van der Waals surface area contributed by atoms with Crippen molar-refractivity contribution in [2.75, 3.05) is 18.6 Å². The lowest BCUT2D eigenvalue weighted by molar-refractivity contribution is -0.120. The van der Waals surface area contributed by atoms with Gasteiger partial charge in [-0.2, -0.15) is 0 Å².